The maximum absolute atomic E-state index is 12.6. The summed E-state index contributed by atoms with van der Waals surface area (Å²) in [6, 6.07) is 31.0. The number of nitrogens with one attached hydrogen (secondary N) is 2. The van der Waals surface area contributed by atoms with E-state index in [-0.39, 0.29) is 5.91 Å². The summed E-state index contributed by atoms with van der Waals surface area (Å²) < 4.78 is 0.973. The van der Waals surface area contributed by atoms with Crippen molar-refractivity contribution in [2.75, 3.05) is 10.6 Å². The van der Waals surface area contributed by atoms with E-state index in [0.717, 1.165) is 43.6 Å². The summed E-state index contributed by atoms with van der Waals surface area (Å²) in [5.74, 6) is 0.333. The van der Waals surface area contributed by atoms with Crippen molar-refractivity contribution in [2.24, 2.45) is 0 Å². The van der Waals surface area contributed by atoms with Crippen molar-refractivity contribution in [1.82, 2.24) is 9.97 Å². The number of amides is 1. The number of carbonyl (C=O) groups is 1. The third kappa shape index (κ3) is 4.82. The highest BCUT2D eigenvalue weighted by Gasteiger charge is 2.11. The van der Waals surface area contributed by atoms with Gasteiger partial charge in [0.25, 0.3) is 5.91 Å². The second kappa shape index (κ2) is 9.45. The Labute approximate surface area is 206 Å². The van der Waals surface area contributed by atoms with Crippen LogP contribution in [-0.2, 0) is 0 Å². The van der Waals surface area contributed by atoms with Crippen LogP contribution in [-0.4, -0.2) is 15.9 Å². The maximum Gasteiger partial charge on any atom is 0.255 e. The van der Waals surface area contributed by atoms with Gasteiger partial charge in [0.15, 0.2) is 0 Å². The van der Waals surface area contributed by atoms with Crippen molar-refractivity contribution in [2.45, 2.75) is 6.92 Å². The lowest BCUT2D eigenvalue weighted by Gasteiger charge is -2.11. The molecule has 0 unspecified atom stereocenters. The molecule has 0 aliphatic rings. The number of hydrogen-bond donors (Lipinski definition) is 2. The van der Waals surface area contributed by atoms with Crippen LogP contribution in [0.1, 0.15) is 15.9 Å². The van der Waals surface area contributed by atoms with E-state index in [4.69, 9.17) is 9.97 Å². The standard InChI is InChI=1S/C28H21BrN4O/c1-18-7-12-22(13-8-18)30-27(34)20-9-14-23(15-10-20)31-28-32-25-16-11-21(29)17-24(25)26(33-28)19-5-3-2-4-6-19/h2-17H,1H3,(H,30,34)(H,31,32,33). The number of halogens is 1. The van der Waals surface area contributed by atoms with E-state index in [1.165, 1.54) is 0 Å². The minimum absolute atomic E-state index is 0.158. The molecule has 0 aliphatic heterocycles. The van der Waals surface area contributed by atoms with Crippen LogP contribution < -0.4 is 10.6 Å². The minimum Gasteiger partial charge on any atom is -0.324 e. The summed E-state index contributed by atoms with van der Waals surface area (Å²) in [6.07, 6.45) is 0. The molecule has 0 spiro atoms. The first-order valence-corrected chi connectivity index (χ1v) is 11.6. The molecule has 5 nitrogen and oxygen atoms in total. The molecule has 0 radical (unpaired) electrons. The average Bonchev–Trinajstić information content (AvgIpc) is 2.86. The highest BCUT2D eigenvalue weighted by Crippen LogP contribution is 2.30. The number of nitrogens with zero attached hydrogens (tertiary/aromatic N) is 2. The van der Waals surface area contributed by atoms with Crippen LogP contribution in [0.3, 0.4) is 0 Å². The summed E-state index contributed by atoms with van der Waals surface area (Å²) in [5.41, 5.74) is 5.98. The van der Waals surface area contributed by atoms with Gasteiger partial charge in [-0.25, -0.2) is 9.97 Å². The quantitative estimate of drug-likeness (QED) is 0.260. The summed E-state index contributed by atoms with van der Waals surface area (Å²) >= 11 is 3.55. The van der Waals surface area contributed by atoms with Gasteiger partial charge in [0.05, 0.1) is 11.2 Å². The number of aryl methyl sites for hydroxylation is 1. The minimum atomic E-state index is -0.158. The van der Waals surface area contributed by atoms with E-state index in [2.05, 4.69) is 26.6 Å². The summed E-state index contributed by atoms with van der Waals surface area (Å²) in [4.78, 5) is 22.1. The average molecular weight is 509 g/mol. The lowest BCUT2D eigenvalue weighted by Crippen LogP contribution is -2.11. The van der Waals surface area contributed by atoms with E-state index >= 15 is 0 Å². The molecule has 34 heavy (non-hydrogen) atoms. The Morgan fingerprint density at radius 1 is 0.794 bits per heavy atom. The fraction of sp³-hybridized carbons (Fsp3) is 0.0357. The zero-order valence-corrected chi connectivity index (χ0v) is 20.0. The highest BCUT2D eigenvalue weighted by atomic mass is 79.9. The van der Waals surface area contributed by atoms with Gasteiger partial charge >= 0.3 is 0 Å². The first kappa shape index (κ1) is 21.8. The first-order valence-electron chi connectivity index (χ1n) is 10.8. The molecular formula is C28H21BrN4O. The Morgan fingerprint density at radius 2 is 1.50 bits per heavy atom. The topological polar surface area (TPSA) is 66.9 Å². The molecule has 0 bridgehead atoms. The van der Waals surface area contributed by atoms with E-state index in [1.807, 2.05) is 91.9 Å². The molecule has 1 heterocycles. The van der Waals surface area contributed by atoms with Gasteiger partial charge < -0.3 is 10.6 Å². The number of carbonyl (C=O) groups excluding carboxylic acids is 1. The van der Waals surface area contributed by atoms with E-state index in [9.17, 15) is 4.79 Å². The van der Waals surface area contributed by atoms with E-state index < -0.39 is 0 Å². The smallest absolute Gasteiger partial charge is 0.255 e. The zero-order chi connectivity index (χ0) is 23.5. The van der Waals surface area contributed by atoms with Crippen molar-refractivity contribution in [3.63, 3.8) is 0 Å². The maximum atomic E-state index is 12.6. The molecule has 1 aromatic heterocycles. The Kier molecular flexibility index (Phi) is 6.06. The molecule has 5 rings (SSSR count). The molecule has 2 N–H and O–H groups in total. The molecule has 0 aliphatic carbocycles. The SMILES string of the molecule is Cc1ccc(NC(=O)c2ccc(Nc3nc(-c4ccccc4)c4cc(Br)ccc4n3)cc2)cc1. The van der Waals surface area contributed by atoms with Crippen LogP contribution >= 0.6 is 15.9 Å². The number of aromatic nitrogens is 2. The Morgan fingerprint density at radius 3 is 2.24 bits per heavy atom. The van der Waals surface area contributed by atoms with Crippen LogP contribution in [0.5, 0.6) is 0 Å². The zero-order valence-electron chi connectivity index (χ0n) is 18.4. The Hall–Kier alpha value is -4.03. The van der Waals surface area contributed by atoms with Crippen LogP contribution in [0.25, 0.3) is 22.2 Å². The molecule has 1 amide bonds. The van der Waals surface area contributed by atoms with Crippen molar-refractivity contribution in [3.8, 4) is 11.3 Å². The Bertz CT molecular complexity index is 1470. The van der Waals surface area contributed by atoms with Gasteiger partial charge in [0.2, 0.25) is 5.95 Å². The van der Waals surface area contributed by atoms with Gasteiger partial charge in [-0.05, 0) is 61.5 Å². The number of fused-ring (bicyclic) bond motifs is 1. The van der Waals surface area contributed by atoms with Crippen LogP contribution in [0, 0.1) is 6.92 Å². The van der Waals surface area contributed by atoms with Crippen LogP contribution in [0.15, 0.2) is 102 Å². The molecule has 5 aromatic rings. The van der Waals surface area contributed by atoms with Gasteiger partial charge in [-0.3, -0.25) is 4.79 Å². The predicted octanol–water partition coefficient (Wildman–Crippen LogP) is 7.36. The molecule has 6 heteroatoms. The largest absolute Gasteiger partial charge is 0.324 e. The monoisotopic (exact) mass is 508 g/mol. The number of benzene rings is 4. The molecule has 4 aromatic carbocycles. The van der Waals surface area contributed by atoms with Crippen molar-refractivity contribution in [1.29, 1.82) is 0 Å². The number of anilines is 3. The summed E-state index contributed by atoms with van der Waals surface area (Å²) in [6.45, 7) is 2.01. The van der Waals surface area contributed by atoms with Gasteiger partial charge in [-0.15, -0.1) is 0 Å². The second-order valence-electron chi connectivity index (χ2n) is 7.95. The van der Waals surface area contributed by atoms with Crippen molar-refractivity contribution in [3.05, 3.63) is 113 Å². The van der Waals surface area contributed by atoms with Gasteiger partial charge in [0.1, 0.15) is 0 Å². The molecule has 0 saturated heterocycles. The Balaban J connectivity index is 1.40. The normalized spacial score (nSPS) is 10.8. The molecule has 0 atom stereocenters. The predicted molar refractivity (Wildman–Crippen MR) is 142 cm³/mol. The van der Waals surface area contributed by atoms with Crippen LogP contribution in [0.2, 0.25) is 0 Å². The third-order valence-corrected chi connectivity index (χ3v) is 5.91. The fourth-order valence-corrected chi connectivity index (χ4v) is 4.01. The molecule has 166 valence electrons. The van der Waals surface area contributed by atoms with Crippen molar-refractivity contribution < 1.29 is 4.79 Å². The molecule has 0 fully saturated rings. The lowest BCUT2D eigenvalue weighted by atomic mass is 10.1. The highest BCUT2D eigenvalue weighted by molar-refractivity contribution is 9.10. The third-order valence-electron chi connectivity index (χ3n) is 5.42. The van der Waals surface area contributed by atoms with Gasteiger partial charge in [-0.2, -0.15) is 0 Å². The van der Waals surface area contributed by atoms with E-state index in [1.54, 1.807) is 12.1 Å². The lowest BCUT2D eigenvalue weighted by molar-refractivity contribution is 0.102. The van der Waals surface area contributed by atoms with Crippen LogP contribution in [0.4, 0.5) is 17.3 Å². The summed E-state index contributed by atoms with van der Waals surface area (Å²) in [5, 5.41) is 7.16. The van der Waals surface area contributed by atoms with Crippen molar-refractivity contribution >= 4 is 50.1 Å². The first-order chi connectivity index (χ1) is 16.5. The number of hydrogen-bond acceptors (Lipinski definition) is 4. The summed E-state index contributed by atoms with van der Waals surface area (Å²) in [7, 11) is 0. The second-order valence-corrected chi connectivity index (χ2v) is 8.86. The fourth-order valence-electron chi connectivity index (χ4n) is 3.65. The number of rotatable bonds is 5. The van der Waals surface area contributed by atoms with Gasteiger partial charge in [0, 0.05) is 32.4 Å². The molecule has 0 saturated carbocycles. The van der Waals surface area contributed by atoms with Gasteiger partial charge in [-0.1, -0.05) is 64.0 Å². The molecular weight excluding hydrogens is 488 g/mol. The van der Waals surface area contributed by atoms with E-state index in [0.29, 0.717) is 11.5 Å².